The number of carbonyl (C=O) groups is 1. The fourth-order valence-electron chi connectivity index (χ4n) is 3.21. The van der Waals surface area contributed by atoms with Crippen molar-refractivity contribution in [2.45, 2.75) is 17.2 Å². The highest BCUT2D eigenvalue weighted by Gasteiger charge is 2.35. The summed E-state index contributed by atoms with van der Waals surface area (Å²) in [6, 6.07) is 10.6. The van der Waals surface area contributed by atoms with Crippen molar-refractivity contribution in [2.75, 3.05) is 10.6 Å². The molecule has 0 saturated carbocycles. The van der Waals surface area contributed by atoms with Gasteiger partial charge in [-0.1, -0.05) is 12.1 Å². The van der Waals surface area contributed by atoms with Crippen LogP contribution in [0.1, 0.15) is 27.7 Å². The highest BCUT2D eigenvalue weighted by molar-refractivity contribution is 7.89. The molecule has 6 nitrogen and oxygen atoms in total. The molecule has 1 heterocycles. The van der Waals surface area contributed by atoms with Crippen molar-refractivity contribution in [2.24, 2.45) is 0 Å². The van der Waals surface area contributed by atoms with Gasteiger partial charge in [0.15, 0.2) is 11.6 Å². The third-order valence-electron chi connectivity index (χ3n) is 4.85. The second-order valence-electron chi connectivity index (χ2n) is 7.11. The van der Waals surface area contributed by atoms with E-state index in [-0.39, 0.29) is 21.8 Å². The van der Waals surface area contributed by atoms with Gasteiger partial charge in [0.05, 0.1) is 11.3 Å². The smallest absolute Gasteiger partial charge is 0.364 e. The van der Waals surface area contributed by atoms with Crippen LogP contribution < -0.4 is 15.4 Å². The highest BCUT2D eigenvalue weighted by atomic mass is 32.2. The van der Waals surface area contributed by atoms with Gasteiger partial charge >= 0.3 is 6.18 Å². The van der Waals surface area contributed by atoms with Crippen LogP contribution in [-0.2, 0) is 16.2 Å². The molecule has 3 N–H and O–H groups in total. The third-order valence-corrected chi connectivity index (χ3v) is 6.33. The Balaban J connectivity index is 1.55. The molecule has 3 aromatic rings. The zero-order valence-electron chi connectivity index (χ0n) is 16.4. The third kappa shape index (κ3) is 4.66. The van der Waals surface area contributed by atoms with Crippen LogP contribution in [0.15, 0.2) is 65.6 Å². The summed E-state index contributed by atoms with van der Waals surface area (Å²) in [5.74, 6) is -2.83. The molecule has 172 valence electrons. The topological polar surface area (TPSA) is 87.3 Å². The van der Waals surface area contributed by atoms with Crippen molar-refractivity contribution >= 4 is 27.3 Å². The summed E-state index contributed by atoms with van der Waals surface area (Å²) in [6.07, 6.45) is -5.74. The van der Waals surface area contributed by atoms with Gasteiger partial charge in [0.2, 0.25) is 10.0 Å². The summed E-state index contributed by atoms with van der Waals surface area (Å²) in [7, 11) is -4.10. The van der Waals surface area contributed by atoms with Gasteiger partial charge in [0, 0.05) is 17.3 Å². The van der Waals surface area contributed by atoms with Gasteiger partial charge in [-0.25, -0.2) is 17.2 Å². The molecule has 0 aromatic heterocycles. The standard InChI is InChI=1S/C21H14F5N3O3S/c22-15-7-6-14(10-16(15)23)27-20(30)12-3-1-11(2-4-12)19-28-17-9-13(21(24,25)26)5-8-18(17)33(31,32)29-19/h1-10,19,28-29H,(H,27,30)/t19-/m0/s1. The van der Waals surface area contributed by atoms with Crippen LogP contribution in [0.3, 0.4) is 0 Å². The van der Waals surface area contributed by atoms with E-state index >= 15 is 0 Å². The Morgan fingerprint density at radius 3 is 2.24 bits per heavy atom. The van der Waals surface area contributed by atoms with Crippen molar-refractivity contribution < 1.29 is 35.2 Å². The molecule has 3 aromatic carbocycles. The number of halogens is 5. The zero-order chi connectivity index (χ0) is 24.0. The molecule has 33 heavy (non-hydrogen) atoms. The second kappa shape index (κ2) is 8.12. The quantitative estimate of drug-likeness (QED) is 0.474. The van der Waals surface area contributed by atoms with Crippen molar-refractivity contribution in [1.82, 2.24) is 4.72 Å². The fourth-order valence-corrected chi connectivity index (χ4v) is 4.50. The number of carbonyl (C=O) groups excluding carboxylic acids is 1. The minimum Gasteiger partial charge on any atom is -0.364 e. The molecule has 12 heteroatoms. The van der Waals surface area contributed by atoms with E-state index in [1.54, 1.807) is 0 Å². The maximum atomic E-state index is 13.3. The summed E-state index contributed by atoms with van der Waals surface area (Å²) < 4.78 is 92.7. The lowest BCUT2D eigenvalue weighted by molar-refractivity contribution is -0.137. The molecule has 0 bridgehead atoms. The van der Waals surface area contributed by atoms with E-state index in [0.717, 1.165) is 18.2 Å². The molecular formula is C21H14F5N3O3S. The van der Waals surface area contributed by atoms with Crippen LogP contribution in [0.2, 0.25) is 0 Å². The number of sulfonamides is 1. The van der Waals surface area contributed by atoms with E-state index in [9.17, 15) is 35.2 Å². The summed E-state index contributed by atoms with van der Waals surface area (Å²) in [4.78, 5) is 12.0. The number of nitrogens with one attached hydrogen (secondary N) is 3. The molecule has 1 atom stereocenters. The molecule has 0 spiro atoms. The van der Waals surface area contributed by atoms with E-state index < -0.39 is 45.5 Å². The maximum Gasteiger partial charge on any atom is 0.416 e. The van der Waals surface area contributed by atoms with Crippen molar-refractivity contribution in [3.05, 3.63) is 89.0 Å². The minimum absolute atomic E-state index is 0.0294. The Bertz CT molecular complexity index is 1340. The van der Waals surface area contributed by atoms with Crippen molar-refractivity contribution in [3.63, 3.8) is 0 Å². The Morgan fingerprint density at radius 1 is 0.909 bits per heavy atom. The van der Waals surface area contributed by atoms with E-state index in [2.05, 4.69) is 15.4 Å². The maximum absolute atomic E-state index is 13.3. The molecular weight excluding hydrogens is 469 g/mol. The molecule has 4 rings (SSSR count). The van der Waals surface area contributed by atoms with Crippen LogP contribution in [0.5, 0.6) is 0 Å². The second-order valence-corrected chi connectivity index (χ2v) is 8.79. The van der Waals surface area contributed by atoms with Crippen LogP contribution in [0, 0.1) is 11.6 Å². The van der Waals surface area contributed by atoms with Crippen LogP contribution in [-0.4, -0.2) is 14.3 Å². The van der Waals surface area contributed by atoms with Crippen LogP contribution >= 0.6 is 0 Å². The van der Waals surface area contributed by atoms with Crippen molar-refractivity contribution in [1.29, 1.82) is 0 Å². The normalized spacial score (nSPS) is 17.1. The number of amides is 1. The van der Waals surface area contributed by atoms with Gasteiger partial charge in [-0.3, -0.25) is 4.79 Å². The van der Waals surface area contributed by atoms with E-state index in [4.69, 9.17) is 0 Å². The predicted octanol–water partition coefficient (Wildman–Crippen LogP) is 4.64. The number of hydrogen-bond acceptors (Lipinski definition) is 4. The number of alkyl halides is 3. The number of hydrogen-bond donors (Lipinski definition) is 3. The Kier molecular flexibility index (Phi) is 5.58. The highest BCUT2D eigenvalue weighted by Crippen LogP contribution is 2.37. The molecule has 0 aliphatic carbocycles. The monoisotopic (exact) mass is 483 g/mol. The molecule has 0 fully saturated rings. The van der Waals surface area contributed by atoms with Gasteiger partial charge in [-0.15, -0.1) is 0 Å². The molecule has 1 aliphatic rings. The van der Waals surface area contributed by atoms with Gasteiger partial charge in [-0.05, 0) is 48.0 Å². The molecule has 1 amide bonds. The predicted molar refractivity (Wildman–Crippen MR) is 109 cm³/mol. The van der Waals surface area contributed by atoms with Gasteiger partial charge < -0.3 is 10.6 Å². The van der Waals surface area contributed by atoms with Crippen LogP contribution in [0.4, 0.5) is 33.3 Å². The number of rotatable bonds is 3. The molecule has 0 radical (unpaired) electrons. The fraction of sp³-hybridized carbons (Fsp3) is 0.0952. The first kappa shape index (κ1) is 22.7. The summed E-state index contributed by atoms with van der Waals surface area (Å²) >= 11 is 0. The zero-order valence-corrected chi connectivity index (χ0v) is 17.2. The average Bonchev–Trinajstić information content (AvgIpc) is 2.75. The molecule has 1 aliphatic heterocycles. The van der Waals surface area contributed by atoms with Gasteiger partial charge in [0.1, 0.15) is 11.1 Å². The average molecular weight is 483 g/mol. The lowest BCUT2D eigenvalue weighted by Gasteiger charge is -2.29. The lowest BCUT2D eigenvalue weighted by Crippen LogP contribution is -2.38. The lowest BCUT2D eigenvalue weighted by atomic mass is 10.1. The first-order valence-corrected chi connectivity index (χ1v) is 10.8. The van der Waals surface area contributed by atoms with Crippen molar-refractivity contribution in [3.8, 4) is 0 Å². The largest absolute Gasteiger partial charge is 0.416 e. The summed E-state index contributed by atoms with van der Waals surface area (Å²) in [5.41, 5.74) is -0.739. The SMILES string of the molecule is O=C(Nc1ccc(F)c(F)c1)c1ccc([C@H]2Nc3cc(C(F)(F)F)ccc3S(=O)(=O)N2)cc1. The Hall–Kier alpha value is -3.51. The van der Waals surface area contributed by atoms with Gasteiger partial charge in [0.25, 0.3) is 5.91 Å². The Labute approximate surface area is 184 Å². The van der Waals surface area contributed by atoms with E-state index in [0.29, 0.717) is 17.7 Å². The number of benzene rings is 3. The van der Waals surface area contributed by atoms with E-state index in [1.807, 2.05) is 0 Å². The summed E-state index contributed by atoms with van der Waals surface area (Å²) in [6.45, 7) is 0. The van der Waals surface area contributed by atoms with Gasteiger partial charge in [-0.2, -0.15) is 17.9 Å². The van der Waals surface area contributed by atoms with Crippen LogP contribution in [0.25, 0.3) is 0 Å². The number of anilines is 2. The Morgan fingerprint density at radius 2 is 1.61 bits per heavy atom. The molecule has 0 unspecified atom stereocenters. The van der Waals surface area contributed by atoms with E-state index in [1.165, 1.54) is 30.3 Å². The molecule has 0 saturated heterocycles. The minimum atomic E-state index is -4.65. The summed E-state index contributed by atoms with van der Waals surface area (Å²) in [5, 5.41) is 5.11. The first-order chi connectivity index (χ1) is 15.4. The first-order valence-electron chi connectivity index (χ1n) is 9.30. The number of fused-ring (bicyclic) bond motifs is 1.